The quantitative estimate of drug-likeness (QED) is 0.760. The molecule has 0 bridgehead atoms. The number of hydrogen-bond acceptors (Lipinski definition) is 3. The van der Waals surface area contributed by atoms with Crippen LogP contribution in [-0.4, -0.2) is 39.7 Å². The summed E-state index contributed by atoms with van der Waals surface area (Å²) in [6.07, 6.45) is 5.99. The van der Waals surface area contributed by atoms with Crippen molar-refractivity contribution in [3.63, 3.8) is 0 Å². The van der Waals surface area contributed by atoms with Crippen LogP contribution in [-0.2, 0) is 6.54 Å². The molecule has 4 rings (SSSR count). The molecular formula is C22H24N4O. The van der Waals surface area contributed by atoms with E-state index in [4.69, 9.17) is 0 Å². The van der Waals surface area contributed by atoms with Crippen molar-refractivity contribution in [1.82, 2.24) is 20.0 Å². The third-order valence-corrected chi connectivity index (χ3v) is 5.02. The molecule has 2 heterocycles. The molecule has 1 amide bonds. The van der Waals surface area contributed by atoms with Crippen molar-refractivity contribution in [1.29, 1.82) is 0 Å². The molecule has 0 unspecified atom stereocenters. The summed E-state index contributed by atoms with van der Waals surface area (Å²) in [7, 11) is 0. The van der Waals surface area contributed by atoms with Crippen LogP contribution < -0.4 is 5.32 Å². The van der Waals surface area contributed by atoms with Crippen molar-refractivity contribution in [2.75, 3.05) is 13.1 Å². The number of carbonyl (C=O) groups excluding carboxylic acids is 1. The van der Waals surface area contributed by atoms with Gasteiger partial charge in [-0.25, -0.2) is 4.68 Å². The summed E-state index contributed by atoms with van der Waals surface area (Å²) in [5.41, 5.74) is 3.02. The van der Waals surface area contributed by atoms with E-state index in [1.165, 1.54) is 5.56 Å². The highest BCUT2D eigenvalue weighted by molar-refractivity contribution is 5.94. The third-order valence-electron chi connectivity index (χ3n) is 5.02. The van der Waals surface area contributed by atoms with Crippen LogP contribution in [0.2, 0.25) is 0 Å². The molecule has 1 aliphatic rings. The second-order valence-corrected chi connectivity index (χ2v) is 7.02. The zero-order valence-corrected chi connectivity index (χ0v) is 15.3. The number of nitrogens with one attached hydrogen (secondary N) is 1. The molecule has 0 radical (unpaired) electrons. The summed E-state index contributed by atoms with van der Waals surface area (Å²) in [5.74, 6) is 0.0261. The predicted octanol–water partition coefficient (Wildman–Crippen LogP) is 3.27. The summed E-state index contributed by atoms with van der Waals surface area (Å²) in [6.45, 7) is 2.86. The molecule has 2 aromatic carbocycles. The van der Waals surface area contributed by atoms with Gasteiger partial charge in [0.25, 0.3) is 5.91 Å². The summed E-state index contributed by atoms with van der Waals surface area (Å²) >= 11 is 0. The van der Waals surface area contributed by atoms with Crippen LogP contribution in [0.5, 0.6) is 0 Å². The van der Waals surface area contributed by atoms with Crippen LogP contribution in [0.25, 0.3) is 5.69 Å². The number of benzene rings is 2. The van der Waals surface area contributed by atoms with Gasteiger partial charge in [0.1, 0.15) is 0 Å². The highest BCUT2D eigenvalue weighted by atomic mass is 16.1. The number of piperidine rings is 1. The monoisotopic (exact) mass is 360 g/mol. The first-order valence-corrected chi connectivity index (χ1v) is 9.45. The van der Waals surface area contributed by atoms with Crippen molar-refractivity contribution in [3.05, 3.63) is 84.2 Å². The van der Waals surface area contributed by atoms with Crippen LogP contribution in [0.1, 0.15) is 28.8 Å². The standard InChI is InChI=1S/C22H24N4O/c27-22(19-7-3-1-4-8-19)24-20-11-13-25(14-12-20)16-18-15-23-26(17-18)21-9-5-2-6-10-21/h1-10,15,17,20H,11-14,16H2,(H,24,27). The van der Waals surface area contributed by atoms with E-state index in [1.54, 1.807) is 0 Å². The Balaban J connectivity index is 1.27. The average Bonchev–Trinajstić information content (AvgIpc) is 3.19. The number of para-hydroxylation sites is 1. The topological polar surface area (TPSA) is 50.2 Å². The van der Waals surface area contributed by atoms with Gasteiger partial charge in [0.15, 0.2) is 0 Å². The molecule has 0 spiro atoms. The van der Waals surface area contributed by atoms with Crippen molar-refractivity contribution in [2.45, 2.75) is 25.4 Å². The number of likely N-dealkylation sites (tertiary alicyclic amines) is 1. The molecule has 5 nitrogen and oxygen atoms in total. The number of rotatable bonds is 5. The second kappa shape index (κ2) is 8.18. The Labute approximate surface area is 159 Å². The molecule has 0 aliphatic carbocycles. The molecule has 1 saturated heterocycles. The Bertz CT molecular complexity index is 868. The number of amides is 1. The summed E-state index contributed by atoms with van der Waals surface area (Å²) in [4.78, 5) is 14.7. The van der Waals surface area contributed by atoms with E-state index in [0.717, 1.165) is 43.7 Å². The SMILES string of the molecule is O=C(NC1CCN(Cc2cnn(-c3ccccc3)c2)CC1)c1ccccc1. The Morgan fingerprint density at radius 1 is 1.00 bits per heavy atom. The minimum Gasteiger partial charge on any atom is -0.349 e. The first-order valence-electron chi connectivity index (χ1n) is 9.45. The van der Waals surface area contributed by atoms with E-state index in [1.807, 2.05) is 59.4 Å². The van der Waals surface area contributed by atoms with E-state index in [2.05, 4.69) is 33.6 Å². The first-order chi connectivity index (χ1) is 13.3. The predicted molar refractivity (Wildman–Crippen MR) is 106 cm³/mol. The first kappa shape index (κ1) is 17.5. The molecule has 1 fully saturated rings. The van der Waals surface area contributed by atoms with Gasteiger partial charge in [-0.05, 0) is 37.1 Å². The fourth-order valence-electron chi connectivity index (χ4n) is 3.52. The molecule has 0 atom stereocenters. The van der Waals surface area contributed by atoms with E-state index < -0.39 is 0 Å². The molecule has 1 aliphatic heterocycles. The average molecular weight is 360 g/mol. The number of carbonyl (C=O) groups is 1. The number of nitrogens with zero attached hydrogens (tertiary/aromatic N) is 3. The molecular weight excluding hydrogens is 336 g/mol. The Kier molecular flexibility index (Phi) is 5.30. The van der Waals surface area contributed by atoms with Gasteiger partial charge in [-0.2, -0.15) is 5.10 Å². The van der Waals surface area contributed by atoms with Crippen LogP contribution in [0, 0.1) is 0 Å². The van der Waals surface area contributed by atoms with E-state index in [9.17, 15) is 4.79 Å². The lowest BCUT2D eigenvalue weighted by atomic mass is 10.0. The van der Waals surface area contributed by atoms with Gasteiger partial charge in [-0.3, -0.25) is 9.69 Å². The van der Waals surface area contributed by atoms with Crippen molar-refractivity contribution >= 4 is 5.91 Å². The highest BCUT2D eigenvalue weighted by Gasteiger charge is 2.21. The minimum atomic E-state index is 0.0261. The molecule has 138 valence electrons. The van der Waals surface area contributed by atoms with Crippen LogP contribution in [0.4, 0.5) is 0 Å². The fraction of sp³-hybridized carbons (Fsp3) is 0.273. The van der Waals surface area contributed by atoms with Gasteiger partial charge < -0.3 is 5.32 Å². The third kappa shape index (κ3) is 4.44. The molecule has 5 heteroatoms. The molecule has 27 heavy (non-hydrogen) atoms. The summed E-state index contributed by atoms with van der Waals surface area (Å²) in [5, 5.41) is 7.64. The highest BCUT2D eigenvalue weighted by Crippen LogP contribution is 2.15. The molecule has 1 N–H and O–H groups in total. The van der Waals surface area contributed by atoms with Crippen molar-refractivity contribution in [3.8, 4) is 5.69 Å². The zero-order chi connectivity index (χ0) is 18.5. The van der Waals surface area contributed by atoms with Gasteiger partial charge >= 0.3 is 0 Å². The van der Waals surface area contributed by atoms with E-state index in [0.29, 0.717) is 0 Å². The minimum absolute atomic E-state index is 0.0261. The molecule has 1 aromatic heterocycles. The van der Waals surface area contributed by atoms with Gasteiger partial charge in [-0.1, -0.05) is 36.4 Å². The zero-order valence-electron chi connectivity index (χ0n) is 15.3. The van der Waals surface area contributed by atoms with Gasteiger partial charge in [-0.15, -0.1) is 0 Å². The van der Waals surface area contributed by atoms with Gasteiger partial charge in [0.2, 0.25) is 0 Å². The van der Waals surface area contributed by atoms with Crippen LogP contribution in [0.3, 0.4) is 0 Å². The van der Waals surface area contributed by atoms with Crippen LogP contribution >= 0.6 is 0 Å². The Morgan fingerprint density at radius 3 is 2.37 bits per heavy atom. The molecule has 0 saturated carbocycles. The maximum Gasteiger partial charge on any atom is 0.251 e. The number of hydrogen-bond donors (Lipinski definition) is 1. The Hall–Kier alpha value is -2.92. The fourth-order valence-corrected chi connectivity index (χ4v) is 3.52. The summed E-state index contributed by atoms with van der Waals surface area (Å²) < 4.78 is 1.92. The second-order valence-electron chi connectivity index (χ2n) is 7.02. The maximum atomic E-state index is 12.3. The van der Waals surface area contributed by atoms with Gasteiger partial charge in [0.05, 0.1) is 11.9 Å². The largest absolute Gasteiger partial charge is 0.349 e. The van der Waals surface area contributed by atoms with Crippen molar-refractivity contribution < 1.29 is 4.79 Å². The van der Waals surface area contributed by atoms with E-state index in [-0.39, 0.29) is 11.9 Å². The lowest BCUT2D eigenvalue weighted by Crippen LogP contribution is -2.44. The normalized spacial score (nSPS) is 15.6. The maximum absolute atomic E-state index is 12.3. The lowest BCUT2D eigenvalue weighted by molar-refractivity contribution is 0.0909. The molecule has 3 aromatic rings. The van der Waals surface area contributed by atoms with Gasteiger partial charge in [0, 0.05) is 43.0 Å². The van der Waals surface area contributed by atoms with Crippen LogP contribution in [0.15, 0.2) is 73.1 Å². The van der Waals surface area contributed by atoms with E-state index >= 15 is 0 Å². The lowest BCUT2D eigenvalue weighted by Gasteiger charge is -2.32. The smallest absolute Gasteiger partial charge is 0.251 e. The summed E-state index contributed by atoms with van der Waals surface area (Å²) in [6, 6.07) is 19.8. The van der Waals surface area contributed by atoms with Crippen molar-refractivity contribution in [2.24, 2.45) is 0 Å². The number of aromatic nitrogens is 2. The Morgan fingerprint density at radius 2 is 1.67 bits per heavy atom.